The number of benzene rings is 1. The number of anilines is 1. The first-order valence-corrected chi connectivity index (χ1v) is 5.72. The van der Waals surface area contributed by atoms with Crippen LogP contribution >= 0.6 is 15.9 Å². The Morgan fingerprint density at radius 3 is 2.88 bits per heavy atom. The topological polar surface area (TPSA) is 38.3 Å². The second-order valence-electron chi connectivity index (χ2n) is 3.24. The molecule has 5 heteroatoms. The van der Waals surface area contributed by atoms with Gasteiger partial charge in [0.15, 0.2) is 0 Å². The Bertz CT molecular complexity index is 384. The molecule has 0 fully saturated rings. The molecule has 3 nitrogen and oxygen atoms in total. The Kier molecular flexibility index (Phi) is 4.73. The highest BCUT2D eigenvalue weighted by atomic mass is 79.9. The van der Waals surface area contributed by atoms with Gasteiger partial charge in [0.1, 0.15) is 11.9 Å². The highest BCUT2D eigenvalue weighted by molar-refractivity contribution is 9.10. The third kappa shape index (κ3) is 3.48. The lowest BCUT2D eigenvalue weighted by molar-refractivity contribution is -0.143. The normalized spacial score (nSPS) is 12.0. The molecule has 1 unspecified atom stereocenters. The number of carbonyl (C=O) groups is 1. The maximum Gasteiger partial charge on any atom is 0.328 e. The standard InChI is InChI=1S/C11H13BrFNO2/c1-3-16-11(15)7(2)14-10-5-4-8(12)6-9(10)13/h4-7,14H,3H2,1-2H3. The Hall–Kier alpha value is -1.10. The SMILES string of the molecule is CCOC(=O)C(C)Nc1ccc(Br)cc1F. The van der Waals surface area contributed by atoms with E-state index < -0.39 is 17.8 Å². The van der Waals surface area contributed by atoms with E-state index in [4.69, 9.17) is 4.74 Å². The lowest BCUT2D eigenvalue weighted by atomic mass is 10.2. The molecular formula is C11H13BrFNO2. The fourth-order valence-electron chi connectivity index (χ4n) is 1.17. The third-order valence-electron chi connectivity index (χ3n) is 1.94. The summed E-state index contributed by atoms with van der Waals surface area (Å²) in [6.45, 7) is 3.66. The van der Waals surface area contributed by atoms with Crippen molar-refractivity contribution in [2.75, 3.05) is 11.9 Å². The van der Waals surface area contributed by atoms with Crippen molar-refractivity contribution in [2.24, 2.45) is 0 Å². The second-order valence-corrected chi connectivity index (χ2v) is 4.16. The van der Waals surface area contributed by atoms with E-state index in [1.807, 2.05) is 0 Å². The maximum atomic E-state index is 13.4. The minimum absolute atomic E-state index is 0.281. The summed E-state index contributed by atoms with van der Waals surface area (Å²) in [5, 5.41) is 2.75. The molecule has 0 amide bonds. The highest BCUT2D eigenvalue weighted by Gasteiger charge is 2.15. The van der Waals surface area contributed by atoms with Gasteiger partial charge in [0.05, 0.1) is 12.3 Å². The third-order valence-corrected chi connectivity index (χ3v) is 2.44. The van der Waals surface area contributed by atoms with E-state index in [9.17, 15) is 9.18 Å². The fraction of sp³-hybridized carbons (Fsp3) is 0.364. The van der Waals surface area contributed by atoms with Crippen LogP contribution in [0.3, 0.4) is 0 Å². The number of hydrogen-bond donors (Lipinski definition) is 1. The number of carbonyl (C=O) groups excluding carboxylic acids is 1. The zero-order valence-electron chi connectivity index (χ0n) is 9.09. The molecule has 0 spiro atoms. The molecule has 0 aliphatic carbocycles. The summed E-state index contributed by atoms with van der Waals surface area (Å²) in [7, 11) is 0. The van der Waals surface area contributed by atoms with Crippen molar-refractivity contribution in [3.05, 3.63) is 28.5 Å². The zero-order chi connectivity index (χ0) is 12.1. The van der Waals surface area contributed by atoms with Crippen molar-refractivity contribution in [2.45, 2.75) is 19.9 Å². The Labute approximate surface area is 102 Å². The van der Waals surface area contributed by atoms with E-state index in [0.717, 1.165) is 0 Å². The lowest BCUT2D eigenvalue weighted by Gasteiger charge is -2.14. The molecule has 0 saturated carbocycles. The molecule has 1 atom stereocenters. The molecule has 0 saturated heterocycles. The first-order valence-electron chi connectivity index (χ1n) is 4.92. The fourth-order valence-corrected chi connectivity index (χ4v) is 1.50. The van der Waals surface area contributed by atoms with Crippen molar-refractivity contribution in [1.29, 1.82) is 0 Å². The van der Waals surface area contributed by atoms with E-state index >= 15 is 0 Å². The number of hydrogen-bond acceptors (Lipinski definition) is 3. The number of nitrogens with one attached hydrogen (secondary N) is 1. The van der Waals surface area contributed by atoms with Crippen molar-refractivity contribution in [1.82, 2.24) is 0 Å². The lowest BCUT2D eigenvalue weighted by Crippen LogP contribution is -2.28. The van der Waals surface area contributed by atoms with E-state index in [0.29, 0.717) is 11.1 Å². The summed E-state index contributed by atoms with van der Waals surface area (Å²) in [5.41, 5.74) is 0.281. The molecule has 0 heterocycles. The van der Waals surface area contributed by atoms with E-state index in [2.05, 4.69) is 21.2 Å². The molecule has 0 aliphatic heterocycles. The molecule has 0 radical (unpaired) electrons. The van der Waals surface area contributed by atoms with Crippen LogP contribution in [0.5, 0.6) is 0 Å². The number of halogens is 2. The molecule has 1 aromatic carbocycles. The van der Waals surface area contributed by atoms with Gasteiger partial charge in [0, 0.05) is 4.47 Å². The van der Waals surface area contributed by atoms with Crippen molar-refractivity contribution in [3.8, 4) is 0 Å². The first-order chi connectivity index (χ1) is 7.54. The van der Waals surface area contributed by atoms with E-state index in [1.165, 1.54) is 6.07 Å². The minimum Gasteiger partial charge on any atom is -0.464 e. The van der Waals surface area contributed by atoms with Crippen LogP contribution in [0, 0.1) is 5.82 Å². The number of esters is 1. The van der Waals surface area contributed by atoms with Gasteiger partial charge < -0.3 is 10.1 Å². The van der Waals surface area contributed by atoms with Gasteiger partial charge in [0.2, 0.25) is 0 Å². The van der Waals surface area contributed by atoms with E-state index in [1.54, 1.807) is 26.0 Å². The number of rotatable bonds is 4. The van der Waals surface area contributed by atoms with Crippen LogP contribution in [0.25, 0.3) is 0 Å². The van der Waals surface area contributed by atoms with Crippen LogP contribution in [-0.2, 0) is 9.53 Å². The van der Waals surface area contributed by atoms with Crippen LogP contribution in [0.1, 0.15) is 13.8 Å². The van der Waals surface area contributed by atoms with Gasteiger partial charge >= 0.3 is 5.97 Å². The first kappa shape index (κ1) is 13.0. The summed E-state index contributed by atoms with van der Waals surface area (Å²) >= 11 is 3.16. The smallest absolute Gasteiger partial charge is 0.328 e. The second kappa shape index (κ2) is 5.84. The monoisotopic (exact) mass is 289 g/mol. The van der Waals surface area contributed by atoms with Crippen LogP contribution in [0.2, 0.25) is 0 Å². The quantitative estimate of drug-likeness (QED) is 0.866. The molecule has 0 bridgehead atoms. The van der Waals surface area contributed by atoms with Crippen LogP contribution in [0.4, 0.5) is 10.1 Å². The van der Waals surface area contributed by atoms with Gasteiger partial charge in [0.25, 0.3) is 0 Å². The summed E-state index contributed by atoms with van der Waals surface area (Å²) in [6.07, 6.45) is 0. The van der Waals surface area contributed by atoms with Gasteiger partial charge in [-0.25, -0.2) is 9.18 Å². The summed E-state index contributed by atoms with van der Waals surface area (Å²) < 4.78 is 18.9. The number of ether oxygens (including phenoxy) is 1. The highest BCUT2D eigenvalue weighted by Crippen LogP contribution is 2.20. The molecule has 0 aromatic heterocycles. The van der Waals surface area contributed by atoms with Gasteiger partial charge in [-0.05, 0) is 32.0 Å². The Morgan fingerprint density at radius 1 is 1.62 bits per heavy atom. The zero-order valence-corrected chi connectivity index (χ0v) is 10.7. The Balaban J connectivity index is 2.69. The molecule has 16 heavy (non-hydrogen) atoms. The average Bonchev–Trinajstić information content (AvgIpc) is 2.22. The molecule has 1 rings (SSSR count). The van der Waals surface area contributed by atoms with E-state index in [-0.39, 0.29) is 5.69 Å². The predicted molar refractivity (Wildman–Crippen MR) is 63.8 cm³/mol. The van der Waals surface area contributed by atoms with Gasteiger partial charge in [-0.3, -0.25) is 0 Å². The molecule has 1 aromatic rings. The van der Waals surface area contributed by atoms with Crippen LogP contribution < -0.4 is 5.32 Å². The minimum atomic E-state index is -0.573. The summed E-state index contributed by atoms with van der Waals surface area (Å²) in [4.78, 5) is 11.3. The van der Waals surface area contributed by atoms with Gasteiger partial charge in [-0.1, -0.05) is 15.9 Å². The van der Waals surface area contributed by atoms with Crippen molar-refractivity contribution in [3.63, 3.8) is 0 Å². The average molecular weight is 290 g/mol. The molecule has 0 aliphatic rings. The van der Waals surface area contributed by atoms with Crippen LogP contribution in [0.15, 0.2) is 22.7 Å². The predicted octanol–water partition coefficient (Wildman–Crippen LogP) is 2.95. The largest absolute Gasteiger partial charge is 0.464 e. The van der Waals surface area contributed by atoms with Gasteiger partial charge in [-0.2, -0.15) is 0 Å². The Morgan fingerprint density at radius 2 is 2.31 bits per heavy atom. The molecule has 88 valence electrons. The summed E-state index contributed by atoms with van der Waals surface area (Å²) in [5.74, 6) is -0.810. The van der Waals surface area contributed by atoms with Crippen LogP contribution in [-0.4, -0.2) is 18.6 Å². The summed E-state index contributed by atoms with van der Waals surface area (Å²) in [6, 6.07) is 4.02. The maximum absolute atomic E-state index is 13.4. The van der Waals surface area contributed by atoms with Crippen molar-refractivity contribution < 1.29 is 13.9 Å². The molecule has 1 N–H and O–H groups in total. The molecular weight excluding hydrogens is 277 g/mol. The van der Waals surface area contributed by atoms with Gasteiger partial charge in [-0.15, -0.1) is 0 Å². The van der Waals surface area contributed by atoms with Crippen molar-refractivity contribution >= 4 is 27.6 Å².